The molecule has 0 unspecified atom stereocenters. The Bertz CT molecular complexity index is 914. The molecule has 1 aliphatic rings. The van der Waals surface area contributed by atoms with E-state index in [4.69, 9.17) is 9.84 Å². The molecule has 0 bridgehead atoms. The Balaban J connectivity index is 1.76. The van der Waals surface area contributed by atoms with Crippen LogP contribution < -0.4 is 4.74 Å². The maximum absolute atomic E-state index is 12.9. The average molecular weight is 347 g/mol. The lowest BCUT2D eigenvalue weighted by Gasteiger charge is -2.30. The maximum Gasteiger partial charge on any atom is 0.257 e. The normalized spacial score (nSPS) is 13.3. The molecule has 1 aromatic heterocycles. The molecular weight excluding hydrogens is 326 g/mol. The largest absolute Gasteiger partial charge is 0.496 e. The Kier molecular flexibility index (Phi) is 4.44. The quantitative estimate of drug-likeness (QED) is 0.710. The van der Waals surface area contributed by atoms with Crippen LogP contribution in [0.25, 0.3) is 11.3 Å². The Morgan fingerprint density at radius 3 is 2.50 bits per heavy atom. The van der Waals surface area contributed by atoms with Crippen LogP contribution in [0.1, 0.15) is 22.3 Å². The lowest BCUT2D eigenvalue weighted by Crippen LogP contribution is -2.42. The van der Waals surface area contributed by atoms with E-state index in [9.17, 15) is 4.79 Å². The number of methoxy groups -OCH3 is 1. The molecule has 1 saturated heterocycles. The van der Waals surface area contributed by atoms with Crippen LogP contribution in [0.5, 0.6) is 5.75 Å². The van der Waals surface area contributed by atoms with E-state index < -0.39 is 0 Å². The van der Waals surface area contributed by atoms with Crippen molar-refractivity contribution in [2.45, 2.75) is 13.0 Å². The Morgan fingerprint density at radius 1 is 1.08 bits per heavy atom. The van der Waals surface area contributed by atoms with Gasteiger partial charge in [-0.3, -0.25) is 9.48 Å². The molecule has 4 rings (SSSR count). The minimum atomic E-state index is 0.0384. The highest BCUT2D eigenvalue weighted by Gasteiger charge is 2.27. The van der Waals surface area contributed by atoms with E-state index in [1.807, 2.05) is 58.2 Å². The second-order valence-corrected chi connectivity index (χ2v) is 6.42. The first kappa shape index (κ1) is 16.4. The zero-order valence-electron chi connectivity index (χ0n) is 14.8. The van der Waals surface area contributed by atoms with Crippen LogP contribution in [0.2, 0.25) is 0 Å². The fourth-order valence-electron chi connectivity index (χ4n) is 3.16. The number of ether oxygens (including phenoxy) is 1. The highest BCUT2D eigenvalue weighted by atomic mass is 16.5. The van der Waals surface area contributed by atoms with Gasteiger partial charge in [-0.2, -0.15) is 5.10 Å². The first-order valence-corrected chi connectivity index (χ1v) is 8.80. The molecule has 1 amide bonds. The lowest BCUT2D eigenvalue weighted by atomic mass is 10.0. The number of hydrogen-bond acceptors (Lipinski definition) is 3. The topological polar surface area (TPSA) is 47.4 Å². The van der Waals surface area contributed by atoms with Gasteiger partial charge < -0.3 is 9.64 Å². The van der Waals surface area contributed by atoms with E-state index in [0.717, 1.165) is 36.4 Å². The fourth-order valence-corrected chi connectivity index (χ4v) is 3.16. The monoisotopic (exact) mass is 347 g/mol. The molecule has 0 aliphatic carbocycles. The van der Waals surface area contributed by atoms with Crippen LogP contribution in [0, 0.1) is 0 Å². The molecule has 132 valence electrons. The van der Waals surface area contributed by atoms with Crippen LogP contribution in [0.4, 0.5) is 0 Å². The summed E-state index contributed by atoms with van der Waals surface area (Å²) in [5.74, 6) is 0.756. The molecular formula is C21H21N3O2. The van der Waals surface area contributed by atoms with Crippen LogP contribution in [-0.2, 0) is 6.54 Å². The summed E-state index contributed by atoms with van der Waals surface area (Å²) in [6.07, 6.45) is 2.92. The summed E-state index contributed by atoms with van der Waals surface area (Å²) in [5.41, 5.74) is 3.29. The highest BCUT2D eigenvalue weighted by molar-refractivity contribution is 6.00. The predicted octanol–water partition coefficient (Wildman–Crippen LogP) is 3.45. The molecule has 0 spiro atoms. The smallest absolute Gasteiger partial charge is 0.257 e. The molecule has 5 heteroatoms. The van der Waals surface area contributed by atoms with Gasteiger partial charge in [-0.1, -0.05) is 42.5 Å². The number of rotatable bonds is 5. The molecule has 2 heterocycles. The van der Waals surface area contributed by atoms with Gasteiger partial charge in [0.1, 0.15) is 11.4 Å². The minimum Gasteiger partial charge on any atom is -0.496 e. The Labute approximate surface area is 152 Å². The van der Waals surface area contributed by atoms with Gasteiger partial charge in [0.2, 0.25) is 0 Å². The summed E-state index contributed by atoms with van der Waals surface area (Å²) in [6, 6.07) is 17.8. The first-order valence-electron chi connectivity index (χ1n) is 8.80. The van der Waals surface area contributed by atoms with E-state index in [-0.39, 0.29) is 5.91 Å². The number of carbonyl (C=O) groups excluding carboxylic acids is 1. The Hall–Kier alpha value is -3.08. The summed E-state index contributed by atoms with van der Waals surface area (Å²) in [7, 11) is 1.64. The van der Waals surface area contributed by atoms with Crippen LogP contribution in [0.15, 0.2) is 60.8 Å². The van der Waals surface area contributed by atoms with Crippen LogP contribution in [-0.4, -0.2) is 40.8 Å². The van der Waals surface area contributed by atoms with Crippen molar-refractivity contribution in [2.75, 3.05) is 20.2 Å². The van der Waals surface area contributed by atoms with Crippen molar-refractivity contribution >= 4 is 5.91 Å². The molecule has 1 fully saturated rings. The van der Waals surface area contributed by atoms with Gasteiger partial charge in [0.25, 0.3) is 5.91 Å². The van der Waals surface area contributed by atoms with Crippen molar-refractivity contribution in [3.05, 3.63) is 71.9 Å². The van der Waals surface area contributed by atoms with Gasteiger partial charge in [0, 0.05) is 24.8 Å². The lowest BCUT2D eigenvalue weighted by molar-refractivity contribution is 0.0652. The van der Waals surface area contributed by atoms with Gasteiger partial charge in [0.05, 0.1) is 19.2 Å². The summed E-state index contributed by atoms with van der Waals surface area (Å²) in [4.78, 5) is 14.8. The van der Waals surface area contributed by atoms with Gasteiger partial charge in [-0.25, -0.2) is 0 Å². The number of benzene rings is 2. The van der Waals surface area contributed by atoms with Crippen molar-refractivity contribution in [3.8, 4) is 17.0 Å². The molecule has 2 aromatic carbocycles. The SMILES string of the molecule is COc1ccccc1-c1nn(Cc2ccccc2)cc1C(=O)N1CCC1. The molecule has 26 heavy (non-hydrogen) atoms. The zero-order chi connectivity index (χ0) is 17.9. The van der Waals surface area contributed by atoms with E-state index >= 15 is 0 Å². The number of hydrogen-bond donors (Lipinski definition) is 0. The van der Waals surface area contributed by atoms with Crippen molar-refractivity contribution in [1.29, 1.82) is 0 Å². The molecule has 0 radical (unpaired) electrons. The third kappa shape index (κ3) is 3.08. The van der Waals surface area contributed by atoms with Crippen molar-refractivity contribution < 1.29 is 9.53 Å². The average Bonchev–Trinajstić information content (AvgIpc) is 3.04. The number of amides is 1. The molecule has 0 atom stereocenters. The third-order valence-corrected chi connectivity index (χ3v) is 4.68. The number of para-hydroxylation sites is 1. The number of aromatic nitrogens is 2. The summed E-state index contributed by atoms with van der Waals surface area (Å²) >= 11 is 0. The number of nitrogens with zero attached hydrogens (tertiary/aromatic N) is 3. The Morgan fingerprint density at radius 2 is 1.81 bits per heavy atom. The molecule has 1 aliphatic heterocycles. The fraction of sp³-hybridized carbons (Fsp3) is 0.238. The highest BCUT2D eigenvalue weighted by Crippen LogP contribution is 2.32. The van der Waals surface area contributed by atoms with Crippen LogP contribution >= 0.6 is 0 Å². The summed E-state index contributed by atoms with van der Waals surface area (Å²) < 4.78 is 7.33. The second-order valence-electron chi connectivity index (χ2n) is 6.42. The molecule has 5 nitrogen and oxygen atoms in total. The number of likely N-dealkylation sites (tertiary alicyclic amines) is 1. The zero-order valence-corrected chi connectivity index (χ0v) is 14.8. The van der Waals surface area contributed by atoms with Gasteiger partial charge >= 0.3 is 0 Å². The van der Waals surface area contributed by atoms with Gasteiger partial charge in [-0.05, 0) is 24.1 Å². The van der Waals surface area contributed by atoms with E-state index in [1.54, 1.807) is 7.11 Å². The van der Waals surface area contributed by atoms with E-state index in [1.165, 1.54) is 0 Å². The van der Waals surface area contributed by atoms with Gasteiger partial charge in [0.15, 0.2) is 0 Å². The number of carbonyl (C=O) groups is 1. The van der Waals surface area contributed by atoms with E-state index in [0.29, 0.717) is 17.8 Å². The summed E-state index contributed by atoms with van der Waals surface area (Å²) in [5, 5.41) is 4.74. The predicted molar refractivity (Wildman–Crippen MR) is 100 cm³/mol. The van der Waals surface area contributed by atoms with Crippen molar-refractivity contribution in [1.82, 2.24) is 14.7 Å². The molecule has 0 saturated carbocycles. The van der Waals surface area contributed by atoms with Crippen molar-refractivity contribution in [2.24, 2.45) is 0 Å². The second kappa shape index (κ2) is 7.04. The first-order chi connectivity index (χ1) is 12.8. The summed E-state index contributed by atoms with van der Waals surface area (Å²) in [6.45, 7) is 2.25. The van der Waals surface area contributed by atoms with Gasteiger partial charge in [-0.15, -0.1) is 0 Å². The molecule has 3 aromatic rings. The molecule has 0 N–H and O–H groups in total. The van der Waals surface area contributed by atoms with Crippen molar-refractivity contribution in [3.63, 3.8) is 0 Å². The van der Waals surface area contributed by atoms with E-state index in [2.05, 4.69) is 12.1 Å². The maximum atomic E-state index is 12.9. The minimum absolute atomic E-state index is 0.0384. The third-order valence-electron chi connectivity index (χ3n) is 4.68. The van der Waals surface area contributed by atoms with Crippen LogP contribution in [0.3, 0.4) is 0 Å². The standard InChI is InChI=1S/C21H21N3O2/c1-26-19-11-6-5-10-17(19)20-18(21(25)23-12-7-13-23)15-24(22-20)14-16-8-3-2-4-9-16/h2-6,8-11,15H,7,12-14H2,1H3.